The lowest BCUT2D eigenvalue weighted by molar-refractivity contribution is -0.143. The van der Waals surface area contributed by atoms with Gasteiger partial charge in [-0.1, -0.05) is 23.7 Å². The molecule has 2 aromatic carbocycles. The highest BCUT2D eigenvalue weighted by molar-refractivity contribution is 6.30. The average Bonchev–Trinajstić information content (AvgIpc) is 2.86. The van der Waals surface area contributed by atoms with E-state index in [4.69, 9.17) is 16.3 Å². The number of rotatable bonds is 7. The van der Waals surface area contributed by atoms with Gasteiger partial charge < -0.3 is 15.0 Å². The second kappa shape index (κ2) is 12.6. The van der Waals surface area contributed by atoms with Crippen LogP contribution in [0.25, 0.3) is 11.1 Å². The van der Waals surface area contributed by atoms with Gasteiger partial charge in [-0.05, 0) is 73.9 Å². The first-order valence-electron chi connectivity index (χ1n) is 12.3. The van der Waals surface area contributed by atoms with Gasteiger partial charge in [-0.25, -0.2) is 14.2 Å². The fourth-order valence-electron chi connectivity index (χ4n) is 3.85. The smallest absolute Gasteiger partial charge is 0.416 e. The number of aromatic nitrogens is 1. The maximum Gasteiger partial charge on any atom is 0.416 e. The van der Waals surface area contributed by atoms with Crippen LogP contribution in [-0.4, -0.2) is 34.0 Å². The molecular formula is C28H25ClF7N3O3. The minimum absolute atomic E-state index is 0.0235. The molecule has 1 aromatic heterocycles. The molecule has 42 heavy (non-hydrogen) atoms. The van der Waals surface area contributed by atoms with Crippen LogP contribution >= 0.6 is 11.6 Å². The zero-order valence-corrected chi connectivity index (χ0v) is 23.2. The van der Waals surface area contributed by atoms with E-state index in [2.05, 4.69) is 10.3 Å². The Bertz CT molecular complexity index is 1400. The molecule has 1 heterocycles. The predicted molar refractivity (Wildman–Crippen MR) is 140 cm³/mol. The van der Waals surface area contributed by atoms with Gasteiger partial charge in [0.15, 0.2) is 0 Å². The average molecular weight is 620 g/mol. The van der Waals surface area contributed by atoms with Crippen molar-refractivity contribution in [3.63, 3.8) is 0 Å². The van der Waals surface area contributed by atoms with Gasteiger partial charge in [-0.3, -0.25) is 4.79 Å². The number of alkyl carbamates (subject to hydrolysis) is 1. The largest absolute Gasteiger partial charge is 0.444 e. The molecule has 0 fully saturated rings. The molecule has 226 valence electrons. The number of carbonyl (C=O) groups excluding carboxylic acids is 2. The van der Waals surface area contributed by atoms with Crippen LogP contribution in [0, 0.1) is 5.82 Å². The maximum absolute atomic E-state index is 13.5. The summed E-state index contributed by atoms with van der Waals surface area (Å²) in [5.74, 6) is -1.41. The van der Waals surface area contributed by atoms with Gasteiger partial charge >= 0.3 is 18.4 Å². The summed E-state index contributed by atoms with van der Waals surface area (Å²) in [5, 5.41) is 2.11. The van der Waals surface area contributed by atoms with Crippen LogP contribution < -0.4 is 5.32 Å². The first-order valence-corrected chi connectivity index (χ1v) is 12.6. The van der Waals surface area contributed by atoms with E-state index in [0.717, 1.165) is 4.90 Å². The van der Waals surface area contributed by atoms with E-state index in [1.54, 1.807) is 20.8 Å². The van der Waals surface area contributed by atoms with Crippen LogP contribution in [0.15, 0.2) is 54.7 Å². The molecule has 0 unspecified atom stereocenters. The molecule has 0 aliphatic carbocycles. The third-order valence-corrected chi connectivity index (χ3v) is 5.99. The highest BCUT2D eigenvalue weighted by Crippen LogP contribution is 2.37. The van der Waals surface area contributed by atoms with Crippen molar-refractivity contribution in [3.05, 3.63) is 88.0 Å². The first kappa shape index (κ1) is 32.6. The maximum atomic E-state index is 13.5. The number of halogens is 8. The Labute approximate surface area is 241 Å². The van der Waals surface area contributed by atoms with E-state index in [9.17, 15) is 40.3 Å². The fourth-order valence-corrected chi connectivity index (χ4v) is 4.06. The second-order valence-corrected chi connectivity index (χ2v) is 10.5. The molecule has 2 amide bonds. The number of benzene rings is 2. The van der Waals surface area contributed by atoms with Gasteiger partial charge in [0, 0.05) is 24.8 Å². The molecule has 0 radical (unpaired) electrons. The Hall–Kier alpha value is -3.87. The van der Waals surface area contributed by atoms with Gasteiger partial charge in [-0.2, -0.15) is 26.3 Å². The second-order valence-electron chi connectivity index (χ2n) is 10.2. The van der Waals surface area contributed by atoms with Crippen molar-refractivity contribution in [3.8, 4) is 11.1 Å². The van der Waals surface area contributed by atoms with Gasteiger partial charge in [0.1, 0.15) is 23.1 Å². The summed E-state index contributed by atoms with van der Waals surface area (Å²) >= 11 is 6.32. The molecule has 0 aliphatic heterocycles. The summed E-state index contributed by atoms with van der Waals surface area (Å²) in [6, 6.07) is 7.66. The van der Waals surface area contributed by atoms with Gasteiger partial charge in [0.2, 0.25) is 5.91 Å². The zero-order chi connectivity index (χ0) is 31.5. The molecular weight excluding hydrogens is 595 g/mol. The molecule has 0 aliphatic rings. The van der Waals surface area contributed by atoms with Crippen LogP contribution in [0.4, 0.5) is 35.5 Å². The Morgan fingerprint density at radius 1 is 0.905 bits per heavy atom. The molecule has 1 N–H and O–H groups in total. The number of alkyl halides is 6. The van der Waals surface area contributed by atoms with Crippen molar-refractivity contribution in [2.45, 2.75) is 51.8 Å². The van der Waals surface area contributed by atoms with Gasteiger partial charge in [0.25, 0.3) is 0 Å². The number of carbonyl (C=O) groups is 2. The van der Waals surface area contributed by atoms with Crippen LogP contribution in [-0.2, 0) is 35.0 Å². The summed E-state index contributed by atoms with van der Waals surface area (Å²) in [6.45, 7) is 2.86. The number of pyridine rings is 1. The number of nitrogens with one attached hydrogen (secondary N) is 1. The lowest BCUT2D eigenvalue weighted by Crippen LogP contribution is -2.41. The Morgan fingerprint density at radius 2 is 1.48 bits per heavy atom. The molecule has 3 rings (SSSR count). The Morgan fingerprint density at radius 3 is 2.00 bits per heavy atom. The predicted octanol–water partition coefficient (Wildman–Crippen LogP) is 7.63. The molecule has 3 aromatic rings. The molecule has 6 nitrogen and oxygen atoms in total. The number of nitrogens with zero attached hydrogens (tertiary/aromatic N) is 2. The van der Waals surface area contributed by atoms with E-state index in [1.807, 2.05) is 0 Å². The quantitative estimate of drug-likeness (QED) is 0.218. The first-order chi connectivity index (χ1) is 19.3. The molecule has 0 spiro atoms. The minimum atomic E-state index is -5.11. The highest BCUT2D eigenvalue weighted by Gasteiger charge is 2.37. The van der Waals surface area contributed by atoms with Crippen LogP contribution in [0.2, 0.25) is 5.15 Å². The number of amides is 2. The van der Waals surface area contributed by atoms with Crippen molar-refractivity contribution in [1.29, 1.82) is 0 Å². The number of hydrogen-bond acceptors (Lipinski definition) is 4. The van der Waals surface area contributed by atoms with Crippen molar-refractivity contribution >= 4 is 23.6 Å². The van der Waals surface area contributed by atoms with E-state index in [1.165, 1.54) is 36.5 Å². The summed E-state index contributed by atoms with van der Waals surface area (Å²) in [4.78, 5) is 30.3. The van der Waals surface area contributed by atoms with Crippen molar-refractivity contribution in [2.24, 2.45) is 0 Å². The number of hydrogen-bond donors (Lipinski definition) is 1. The molecule has 14 heteroatoms. The summed E-state index contributed by atoms with van der Waals surface area (Å²) in [7, 11) is 0. The van der Waals surface area contributed by atoms with E-state index < -0.39 is 72.1 Å². The molecule has 0 bridgehead atoms. The third kappa shape index (κ3) is 9.07. The zero-order valence-electron chi connectivity index (χ0n) is 22.5. The topological polar surface area (TPSA) is 71.5 Å². The lowest BCUT2D eigenvalue weighted by Gasteiger charge is -2.26. The van der Waals surface area contributed by atoms with Gasteiger partial charge in [-0.15, -0.1) is 0 Å². The van der Waals surface area contributed by atoms with E-state index >= 15 is 0 Å². The van der Waals surface area contributed by atoms with Gasteiger partial charge in [0.05, 0.1) is 11.1 Å². The standard InChI is InChI=1S/C28H25ClF7N3O3/c1-26(2,3)42-25(41)38-13-23(40)39(14-16-10-18(27(31,32)33)12-19(11-16)28(34,35)36)15-22-21(8-9-37-24(22)29)17-4-6-20(30)7-5-17/h4-12H,13-15H2,1-3H3,(H,38,41). The SMILES string of the molecule is CC(C)(C)OC(=O)NCC(=O)N(Cc1cc(C(F)(F)F)cc(C(F)(F)F)c1)Cc1c(-c2ccc(F)cc2)ccnc1Cl. The van der Waals surface area contributed by atoms with E-state index in [-0.39, 0.29) is 16.8 Å². The van der Waals surface area contributed by atoms with Crippen molar-refractivity contribution in [2.75, 3.05) is 6.54 Å². The molecule has 0 atom stereocenters. The monoisotopic (exact) mass is 619 g/mol. The fraction of sp³-hybridized carbons (Fsp3) is 0.321. The third-order valence-electron chi connectivity index (χ3n) is 5.66. The van der Waals surface area contributed by atoms with Crippen molar-refractivity contribution in [1.82, 2.24) is 15.2 Å². The van der Waals surface area contributed by atoms with E-state index in [0.29, 0.717) is 23.3 Å². The lowest BCUT2D eigenvalue weighted by atomic mass is 10.0. The Balaban J connectivity index is 2.04. The summed E-state index contributed by atoms with van der Waals surface area (Å²) < 4.78 is 99.5. The molecule has 0 saturated carbocycles. The highest BCUT2D eigenvalue weighted by atomic mass is 35.5. The van der Waals surface area contributed by atoms with Crippen LogP contribution in [0.5, 0.6) is 0 Å². The normalized spacial score (nSPS) is 12.2. The number of ether oxygens (including phenoxy) is 1. The minimum Gasteiger partial charge on any atom is -0.444 e. The summed E-state index contributed by atoms with van der Waals surface area (Å²) in [5.41, 5.74) is -3.49. The van der Waals surface area contributed by atoms with Crippen LogP contribution in [0.1, 0.15) is 43.0 Å². The molecule has 0 saturated heterocycles. The Kier molecular flexibility index (Phi) is 9.76. The van der Waals surface area contributed by atoms with Crippen LogP contribution in [0.3, 0.4) is 0 Å². The van der Waals surface area contributed by atoms with Crippen molar-refractivity contribution < 1.29 is 45.1 Å². The summed E-state index contributed by atoms with van der Waals surface area (Å²) in [6.07, 6.45) is -9.85.